The zero-order valence-electron chi connectivity index (χ0n) is 13.3. The Bertz CT molecular complexity index is 459. The van der Waals surface area contributed by atoms with E-state index < -0.39 is 12.6 Å². The molecule has 1 rings (SSSR count). The van der Waals surface area contributed by atoms with Crippen molar-refractivity contribution in [3.05, 3.63) is 30.1 Å². The van der Waals surface area contributed by atoms with Gasteiger partial charge in [0.15, 0.2) is 0 Å². The Kier molecular flexibility index (Phi) is 8.14. The minimum Gasteiger partial charge on any atom is -0.394 e. The summed E-state index contributed by atoms with van der Waals surface area (Å²) in [7, 11) is 0. The van der Waals surface area contributed by atoms with E-state index in [1.807, 2.05) is 13.8 Å². The highest BCUT2D eigenvalue weighted by Gasteiger charge is 2.24. The Hall–Kier alpha value is -1.95. The van der Waals surface area contributed by atoms with E-state index in [9.17, 15) is 14.7 Å². The normalized spacial score (nSPS) is 11.8. The molecule has 0 aliphatic rings. The monoisotopic (exact) mass is 307 g/mol. The van der Waals surface area contributed by atoms with Crippen LogP contribution in [0.15, 0.2) is 24.5 Å². The van der Waals surface area contributed by atoms with Crippen molar-refractivity contribution in [1.29, 1.82) is 0 Å². The molecule has 0 bridgehead atoms. The van der Waals surface area contributed by atoms with Gasteiger partial charge < -0.3 is 15.3 Å². The molecule has 0 fully saturated rings. The summed E-state index contributed by atoms with van der Waals surface area (Å²) in [5, 5.41) is 12.0. The van der Waals surface area contributed by atoms with Crippen molar-refractivity contribution in [3.8, 4) is 0 Å². The predicted octanol–water partition coefficient (Wildman–Crippen LogP) is 0.750. The number of nitrogens with zero attached hydrogens (tertiary/aromatic N) is 2. The highest BCUT2D eigenvalue weighted by Crippen LogP contribution is 2.02. The summed E-state index contributed by atoms with van der Waals surface area (Å²) in [6.45, 7) is 4.84. The predicted molar refractivity (Wildman–Crippen MR) is 84.1 cm³/mol. The van der Waals surface area contributed by atoms with Crippen molar-refractivity contribution in [3.63, 3.8) is 0 Å². The molecule has 0 aromatic carbocycles. The Morgan fingerprint density at radius 3 is 2.32 bits per heavy atom. The summed E-state index contributed by atoms with van der Waals surface area (Å²) in [4.78, 5) is 30.0. The summed E-state index contributed by atoms with van der Waals surface area (Å²) in [5.74, 6) is -0.513. The molecule has 0 aliphatic heterocycles. The van der Waals surface area contributed by atoms with Gasteiger partial charge in [-0.2, -0.15) is 0 Å². The number of pyridine rings is 1. The zero-order chi connectivity index (χ0) is 16.4. The standard InChI is InChI=1S/C16H25N3O3/c1-3-9-19(10-4-2)16(22)14(12-20)18-15(21)11-13-5-7-17-8-6-13/h5-8,14,20H,3-4,9-12H2,1-2H3,(H,18,21). The van der Waals surface area contributed by atoms with Gasteiger partial charge in [-0.1, -0.05) is 13.8 Å². The molecule has 2 N–H and O–H groups in total. The van der Waals surface area contributed by atoms with Crippen LogP contribution >= 0.6 is 0 Å². The van der Waals surface area contributed by atoms with E-state index in [2.05, 4.69) is 10.3 Å². The molecule has 1 unspecified atom stereocenters. The fraction of sp³-hybridized carbons (Fsp3) is 0.562. The van der Waals surface area contributed by atoms with Gasteiger partial charge in [-0.15, -0.1) is 0 Å². The molecule has 1 atom stereocenters. The maximum Gasteiger partial charge on any atom is 0.247 e. The molecule has 0 saturated heterocycles. The molecule has 1 aromatic rings. The maximum atomic E-state index is 12.4. The average Bonchev–Trinajstić information content (AvgIpc) is 2.52. The third kappa shape index (κ3) is 5.81. The highest BCUT2D eigenvalue weighted by atomic mass is 16.3. The van der Waals surface area contributed by atoms with Crippen LogP contribution in [0.2, 0.25) is 0 Å². The number of amides is 2. The maximum absolute atomic E-state index is 12.4. The lowest BCUT2D eigenvalue weighted by Gasteiger charge is -2.26. The van der Waals surface area contributed by atoms with Crippen molar-refractivity contribution in [2.75, 3.05) is 19.7 Å². The Labute approximate surface area is 131 Å². The molecule has 22 heavy (non-hydrogen) atoms. The van der Waals surface area contributed by atoms with E-state index in [1.54, 1.807) is 29.4 Å². The first-order valence-electron chi connectivity index (χ1n) is 7.70. The smallest absolute Gasteiger partial charge is 0.247 e. The fourth-order valence-electron chi connectivity index (χ4n) is 2.21. The van der Waals surface area contributed by atoms with Gasteiger partial charge in [0.05, 0.1) is 13.0 Å². The van der Waals surface area contributed by atoms with Crippen LogP contribution in [0.25, 0.3) is 0 Å². The molecule has 0 saturated carbocycles. The molecule has 0 radical (unpaired) electrons. The lowest BCUT2D eigenvalue weighted by molar-refractivity contribution is -0.137. The Balaban J connectivity index is 2.62. The number of aliphatic hydroxyl groups is 1. The third-order valence-corrected chi connectivity index (χ3v) is 3.23. The molecule has 1 aromatic heterocycles. The van der Waals surface area contributed by atoms with Crippen LogP contribution in [0, 0.1) is 0 Å². The second kappa shape index (κ2) is 9.89. The van der Waals surface area contributed by atoms with Gasteiger partial charge in [-0.05, 0) is 30.5 Å². The second-order valence-corrected chi connectivity index (χ2v) is 5.16. The largest absolute Gasteiger partial charge is 0.394 e. The SMILES string of the molecule is CCCN(CCC)C(=O)C(CO)NC(=O)Cc1ccncc1. The van der Waals surface area contributed by atoms with E-state index >= 15 is 0 Å². The van der Waals surface area contributed by atoms with E-state index in [0.29, 0.717) is 13.1 Å². The minimum absolute atomic E-state index is 0.161. The molecular weight excluding hydrogens is 282 g/mol. The molecule has 1 heterocycles. The van der Waals surface area contributed by atoms with Gasteiger partial charge in [-0.3, -0.25) is 14.6 Å². The number of carbonyl (C=O) groups excluding carboxylic acids is 2. The summed E-state index contributed by atoms with van der Waals surface area (Å²) < 4.78 is 0. The van der Waals surface area contributed by atoms with Gasteiger partial charge >= 0.3 is 0 Å². The lowest BCUT2D eigenvalue weighted by Crippen LogP contribution is -2.51. The van der Waals surface area contributed by atoms with Gasteiger partial charge in [0.25, 0.3) is 0 Å². The molecule has 0 aliphatic carbocycles. The first-order valence-corrected chi connectivity index (χ1v) is 7.70. The van der Waals surface area contributed by atoms with Gasteiger partial charge in [-0.25, -0.2) is 0 Å². The zero-order valence-corrected chi connectivity index (χ0v) is 13.3. The number of nitrogens with one attached hydrogen (secondary N) is 1. The number of rotatable bonds is 9. The highest BCUT2D eigenvalue weighted by molar-refractivity contribution is 5.88. The van der Waals surface area contributed by atoms with E-state index in [4.69, 9.17) is 0 Å². The first kappa shape index (κ1) is 18.1. The topological polar surface area (TPSA) is 82.5 Å². The van der Waals surface area contributed by atoms with Crippen LogP contribution in [0.5, 0.6) is 0 Å². The van der Waals surface area contributed by atoms with Crippen molar-refractivity contribution in [2.24, 2.45) is 0 Å². The molecule has 6 heteroatoms. The summed E-state index contributed by atoms with van der Waals surface area (Å²) in [5.41, 5.74) is 0.815. The van der Waals surface area contributed by atoms with Crippen LogP contribution < -0.4 is 5.32 Å². The van der Waals surface area contributed by atoms with E-state index in [0.717, 1.165) is 18.4 Å². The van der Waals surface area contributed by atoms with Crippen LogP contribution in [0.3, 0.4) is 0 Å². The first-order chi connectivity index (χ1) is 10.6. The summed E-state index contributed by atoms with van der Waals surface area (Å²) in [6, 6.07) is 2.61. The van der Waals surface area contributed by atoms with Crippen LogP contribution in [-0.2, 0) is 16.0 Å². The molecule has 2 amide bonds. The average molecular weight is 307 g/mol. The fourth-order valence-corrected chi connectivity index (χ4v) is 2.21. The Morgan fingerprint density at radius 1 is 1.23 bits per heavy atom. The van der Waals surface area contributed by atoms with Crippen LogP contribution in [-0.4, -0.2) is 52.5 Å². The van der Waals surface area contributed by atoms with E-state index in [1.165, 1.54) is 0 Å². The molecule has 122 valence electrons. The minimum atomic E-state index is -0.882. The second-order valence-electron chi connectivity index (χ2n) is 5.16. The number of carbonyl (C=O) groups is 2. The van der Waals surface area contributed by atoms with Crippen LogP contribution in [0.1, 0.15) is 32.3 Å². The molecular formula is C16H25N3O3. The van der Waals surface area contributed by atoms with Gasteiger partial charge in [0.2, 0.25) is 11.8 Å². The summed E-state index contributed by atoms with van der Waals surface area (Å²) >= 11 is 0. The number of hydrogen-bond acceptors (Lipinski definition) is 4. The van der Waals surface area contributed by atoms with Crippen molar-refractivity contribution in [1.82, 2.24) is 15.2 Å². The van der Waals surface area contributed by atoms with E-state index in [-0.39, 0.29) is 18.2 Å². The van der Waals surface area contributed by atoms with Gasteiger partial charge in [0.1, 0.15) is 6.04 Å². The summed E-state index contributed by atoms with van der Waals surface area (Å²) in [6.07, 6.45) is 5.07. The lowest BCUT2D eigenvalue weighted by atomic mass is 10.1. The number of aliphatic hydroxyl groups excluding tert-OH is 1. The number of aromatic nitrogens is 1. The van der Waals surface area contributed by atoms with Crippen molar-refractivity contribution >= 4 is 11.8 Å². The molecule has 0 spiro atoms. The molecule has 6 nitrogen and oxygen atoms in total. The van der Waals surface area contributed by atoms with Gasteiger partial charge in [0, 0.05) is 25.5 Å². The Morgan fingerprint density at radius 2 is 1.82 bits per heavy atom. The van der Waals surface area contributed by atoms with Crippen LogP contribution in [0.4, 0.5) is 0 Å². The van der Waals surface area contributed by atoms with Crippen molar-refractivity contribution < 1.29 is 14.7 Å². The quantitative estimate of drug-likeness (QED) is 0.705. The van der Waals surface area contributed by atoms with Crippen molar-refractivity contribution in [2.45, 2.75) is 39.2 Å². The third-order valence-electron chi connectivity index (χ3n) is 3.23. The number of hydrogen-bond donors (Lipinski definition) is 2.